The second-order valence-corrected chi connectivity index (χ2v) is 9.24. The van der Waals surface area contributed by atoms with Gasteiger partial charge in [0.15, 0.2) is 5.13 Å². The lowest BCUT2D eigenvalue weighted by Gasteiger charge is -2.30. The maximum absolute atomic E-state index is 12.6. The van der Waals surface area contributed by atoms with E-state index in [2.05, 4.69) is 22.4 Å². The molecule has 0 unspecified atom stereocenters. The predicted molar refractivity (Wildman–Crippen MR) is 125 cm³/mol. The summed E-state index contributed by atoms with van der Waals surface area (Å²) in [5.74, 6) is -1.69. The summed E-state index contributed by atoms with van der Waals surface area (Å²) < 4.78 is 5.49. The number of aliphatic carboxylic acids is 1. The van der Waals surface area contributed by atoms with Crippen LogP contribution in [0.15, 0.2) is 54.7 Å². The fraction of sp³-hybridized carbons (Fsp3) is 0.250. The molecule has 3 aromatic rings. The smallest absolute Gasteiger partial charge is 0.413 e. The molecular formula is C24H23N3O5S. The number of carboxylic acid groups (broad SMARTS) is 1. The fourth-order valence-corrected chi connectivity index (χ4v) is 4.49. The van der Waals surface area contributed by atoms with Gasteiger partial charge in [-0.15, -0.1) is 0 Å². The number of likely N-dealkylation sites (N-methyl/N-ethyl adjacent to an activating group) is 1. The zero-order valence-corrected chi connectivity index (χ0v) is 19.2. The van der Waals surface area contributed by atoms with Crippen LogP contribution in [0, 0.1) is 0 Å². The fourth-order valence-electron chi connectivity index (χ4n) is 3.72. The molecule has 0 bridgehead atoms. The van der Waals surface area contributed by atoms with Gasteiger partial charge in [0.1, 0.15) is 17.0 Å². The zero-order valence-electron chi connectivity index (χ0n) is 18.4. The van der Waals surface area contributed by atoms with Gasteiger partial charge in [0.2, 0.25) is 0 Å². The summed E-state index contributed by atoms with van der Waals surface area (Å²) in [5.41, 5.74) is 3.11. The molecule has 2 N–H and O–H groups in total. The zero-order chi connectivity index (χ0) is 23.8. The van der Waals surface area contributed by atoms with Crippen molar-refractivity contribution >= 4 is 34.4 Å². The van der Waals surface area contributed by atoms with Gasteiger partial charge in [0.25, 0.3) is 5.91 Å². The van der Waals surface area contributed by atoms with E-state index >= 15 is 0 Å². The van der Waals surface area contributed by atoms with E-state index in [1.165, 1.54) is 27.1 Å². The standard InChI is InChI=1S/C24H23N3O5S/c1-24(2,21(29)30)27(3)20(28)19-12-25-22(33-19)26-23(31)32-13-18-16-10-6-4-8-14(16)15-9-5-7-11-17(15)18/h4-12,18H,13H2,1-3H3,(H,29,30)(H,25,26,31). The van der Waals surface area contributed by atoms with Crippen molar-refractivity contribution in [3.8, 4) is 11.1 Å². The Kier molecular flexibility index (Phi) is 5.90. The van der Waals surface area contributed by atoms with Gasteiger partial charge >= 0.3 is 12.1 Å². The van der Waals surface area contributed by atoms with Crippen LogP contribution < -0.4 is 5.32 Å². The van der Waals surface area contributed by atoms with Crippen LogP contribution in [0.1, 0.15) is 40.6 Å². The summed E-state index contributed by atoms with van der Waals surface area (Å²) >= 11 is 0.954. The third-order valence-corrected chi connectivity index (χ3v) is 6.84. The van der Waals surface area contributed by atoms with Crippen LogP contribution >= 0.6 is 11.3 Å². The van der Waals surface area contributed by atoms with Crippen LogP contribution in [0.3, 0.4) is 0 Å². The van der Waals surface area contributed by atoms with E-state index in [-0.39, 0.29) is 22.5 Å². The summed E-state index contributed by atoms with van der Waals surface area (Å²) in [4.78, 5) is 41.8. The predicted octanol–water partition coefficient (Wildman–Crippen LogP) is 4.44. The molecular weight excluding hydrogens is 442 g/mol. The number of anilines is 1. The number of amides is 2. The molecule has 2 aromatic carbocycles. The van der Waals surface area contributed by atoms with Crippen LogP contribution in [-0.4, -0.2) is 52.2 Å². The molecule has 8 nitrogen and oxygen atoms in total. The van der Waals surface area contributed by atoms with Gasteiger partial charge in [-0.05, 0) is 36.1 Å². The third-order valence-electron chi connectivity index (χ3n) is 5.94. The van der Waals surface area contributed by atoms with Crippen molar-refractivity contribution < 1.29 is 24.2 Å². The van der Waals surface area contributed by atoms with Gasteiger partial charge in [-0.1, -0.05) is 59.9 Å². The molecule has 1 heterocycles. The quantitative estimate of drug-likeness (QED) is 0.557. The monoisotopic (exact) mass is 465 g/mol. The molecule has 33 heavy (non-hydrogen) atoms. The van der Waals surface area contributed by atoms with Gasteiger partial charge in [-0.25, -0.2) is 14.6 Å². The van der Waals surface area contributed by atoms with E-state index in [1.54, 1.807) is 0 Å². The van der Waals surface area contributed by atoms with Crippen molar-refractivity contribution in [3.05, 3.63) is 70.7 Å². The summed E-state index contributed by atoms with van der Waals surface area (Å²) in [5, 5.41) is 12.1. The molecule has 0 fully saturated rings. The number of fused-ring (bicyclic) bond motifs is 3. The van der Waals surface area contributed by atoms with Gasteiger partial charge in [0, 0.05) is 13.0 Å². The lowest BCUT2D eigenvalue weighted by molar-refractivity contribution is -0.147. The largest absolute Gasteiger partial charge is 0.480 e. The van der Waals surface area contributed by atoms with Gasteiger partial charge < -0.3 is 14.7 Å². The maximum atomic E-state index is 12.6. The van der Waals surface area contributed by atoms with Crippen molar-refractivity contribution in [3.63, 3.8) is 0 Å². The van der Waals surface area contributed by atoms with E-state index in [4.69, 9.17) is 4.74 Å². The number of thiazole rings is 1. The number of rotatable bonds is 6. The highest BCUT2D eigenvalue weighted by atomic mass is 32.1. The highest BCUT2D eigenvalue weighted by Crippen LogP contribution is 2.44. The van der Waals surface area contributed by atoms with E-state index < -0.39 is 23.5 Å². The van der Waals surface area contributed by atoms with Crippen LogP contribution in [0.5, 0.6) is 0 Å². The minimum absolute atomic E-state index is 0.0662. The molecule has 0 saturated heterocycles. The highest BCUT2D eigenvalue weighted by molar-refractivity contribution is 7.17. The van der Waals surface area contributed by atoms with E-state index in [0.717, 1.165) is 38.5 Å². The number of carbonyl (C=O) groups is 3. The number of carboxylic acids is 1. The second-order valence-electron chi connectivity index (χ2n) is 8.21. The van der Waals surface area contributed by atoms with Gasteiger partial charge in [-0.3, -0.25) is 10.1 Å². The number of aromatic nitrogens is 1. The Bertz CT molecular complexity index is 1190. The number of hydrogen-bond acceptors (Lipinski definition) is 6. The molecule has 9 heteroatoms. The van der Waals surface area contributed by atoms with E-state index in [1.807, 2.05) is 36.4 Å². The molecule has 1 aliphatic carbocycles. The number of hydrogen-bond donors (Lipinski definition) is 2. The first kappa shape index (κ1) is 22.5. The van der Waals surface area contributed by atoms with Crippen molar-refractivity contribution in [1.29, 1.82) is 0 Å². The normalized spacial score (nSPS) is 12.6. The van der Waals surface area contributed by atoms with Crippen LogP contribution in [0.25, 0.3) is 11.1 Å². The average molecular weight is 466 g/mol. The SMILES string of the molecule is CN(C(=O)c1cnc(NC(=O)OCC2c3ccccc3-c3ccccc32)s1)C(C)(C)C(=O)O. The Morgan fingerprint density at radius 1 is 1.09 bits per heavy atom. The number of nitrogens with zero attached hydrogens (tertiary/aromatic N) is 2. The average Bonchev–Trinajstić information content (AvgIpc) is 3.39. The van der Waals surface area contributed by atoms with Crippen molar-refractivity contribution in [1.82, 2.24) is 9.88 Å². The highest BCUT2D eigenvalue weighted by Gasteiger charge is 2.36. The maximum Gasteiger partial charge on any atom is 0.413 e. The topological polar surface area (TPSA) is 109 Å². The van der Waals surface area contributed by atoms with Crippen molar-refractivity contribution in [2.24, 2.45) is 0 Å². The third kappa shape index (κ3) is 4.19. The number of benzene rings is 2. The number of nitrogens with one attached hydrogen (secondary N) is 1. The molecule has 1 aromatic heterocycles. The number of ether oxygens (including phenoxy) is 1. The molecule has 1 aliphatic rings. The first-order valence-electron chi connectivity index (χ1n) is 10.3. The number of carbonyl (C=O) groups excluding carboxylic acids is 2. The lowest BCUT2D eigenvalue weighted by Crippen LogP contribution is -2.50. The van der Waals surface area contributed by atoms with Crippen molar-refractivity contribution in [2.45, 2.75) is 25.3 Å². The van der Waals surface area contributed by atoms with E-state index in [9.17, 15) is 19.5 Å². The summed E-state index contributed by atoms with van der Waals surface area (Å²) in [6.45, 7) is 3.03. The van der Waals surface area contributed by atoms with Crippen molar-refractivity contribution in [2.75, 3.05) is 19.0 Å². The van der Waals surface area contributed by atoms with Gasteiger partial charge in [-0.2, -0.15) is 0 Å². The Morgan fingerprint density at radius 3 is 2.24 bits per heavy atom. The lowest BCUT2D eigenvalue weighted by atomic mass is 9.98. The summed E-state index contributed by atoms with van der Waals surface area (Å²) in [7, 11) is 1.41. The minimum atomic E-state index is -1.39. The van der Waals surface area contributed by atoms with Crippen LogP contribution in [0.4, 0.5) is 9.93 Å². The Labute approximate surface area is 194 Å². The first-order chi connectivity index (χ1) is 15.7. The second kappa shape index (κ2) is 8.67. The van der Waals surface area contributed by atoms with E-state index in [0.29, 0.717) is 0 Å². The summed E-state index contributed by atoms with van der Waals surface area (Å²) in [6, 6.07) is 16.1. The Morgan fingerprint density at radius 2 is 1.67 bits per heavy atom. The molecule has 0 saturated carbocycles. The molecule has 0 radical (unpaired) electrons. The molecule has 0 aliphatic heterocycles. The molecule has 170 valence electrons. The molecule has 0 spiro atoms. The molecule has 2 amide bonds. The van der Waals surface area contributed by atoms with Crippen LogP contribution in [0.2, 0.25) is 0 Å². The first-order valence-corrected chi connectivity index (χ1v) is 11.1. The minimum Gasteiger partial charge on any atom is -0.480 e. The summed E-state index contributed by atoms with van der Waals surface area (Å²) in [6.07, 6.45) is 0.630. The Hall–Kier alpha value is -3.72. The van der Waals surface area contributed by atoms with Gasteiger partial charge in [0.05, 0.1) is 6.20 Å². The van der Waals surface area contributed by atoms with Crippen LogP contribution in [-0.2, 0) is 9.53 Å². The Balaban J connectivity index is 1.40. The molecule has 4 rings (SSSR count). The molecule has 0 atom stereocenters.